The first-order chi connectivity index (χ1) is 9.72. The molecule has 6 heteroatoms. The first kappa shape index (κ1) is 12.6. The van der Waals surface area contributed by atoms with E-state index in [0.29, 0.717) is 5.16 Å². The van der Waals surface area contributed by atoms with Crippen LogP contribution in [0.1, 0.15) is 10.5 Å². The van der Waals surface area contributed by atoms with E-state index < -0.39 is 5.97 Å². The normalized spacial score (nSPS) is 10.6. The van der Waals surface area contributed by atoms with Crippen LogP contribution >= 0.6 is 11.8 Å². The number of fused-ring (bicyclic) bond motifs is 1. The molecule has 3 aromatic rings. The molecule has 0 saturated heterocycles. The van der Waals surface area contributed by atoms with Crippen molar-refractivity contribution in [2.45, 2.75) is 10.1 Å². The smallest absolute Gasteiger partial charge is 0.354 e. The number of carbonyl (C=O) groups is 1. The molecule has 0 amide bonds. The summed E-state index contributed by atoms with van der Waals surface area (Å²) in [5.74, 6) is -1.05. The molecule has 0 aliphatic carbocycles. The number of aromatic carboxylic acids is 1. The molecule has 1 N–H and O–H groups in total. The average Bonchev–Trinajstić information content (AvgIpc) is 2.47. The van der Waals surface area contributed by atoms with Gasteiger partial charge in [-0.15, -0.1) is 0 Å². The minimum atomic E-state index is -1.05. The Hall–Kier alpha value is -2.47. The topological polar surface area (TPSA) is 76.0 Å². The predicted molar refractivity (Wildman–Crippen MR) is 74.9 cm³/mol. The Kier molecular flexibility index (Phi) is 3.30. The van der Waals surface area contributed by atoms with Gasteiger partial charge in [-0.1, -0.05) is 18.2 Å². The third-order valence-electron chi connectivity index (χ3n) is 2.63. The molecule has 0 atom stereocenters. The maximum absolute atomic E-state index is 10.9. The van der Waals surface area contributed by atoms with Crippen LogP contribution in [-0.2, 0) is 0 Å². The number of carboxylic acid groups (broad SMARTS) is 1. The van der Waals surface area contributed by atoms with Crippen LogP contribution in [0.2, 0.25) is 0 Å². The minimum absolute atomic E-state index is 0.00999. The molecule has 0 unspecified atom stereocenters. The fourth-order valence-corrected chi connectivity index (χ4v) is 2.46. The molecule has 0 bridgehead atoms. The number of hydrogen-bond donors (Lipinski definition) is 1. The Morgan fingerprint density at radius 2 is 2.00 bits per heavy atom. The Morgan fingerprint density at radius 3 is 2.85 bits per heavy atom. The molecule has 98 valence electrons. The van der Waals surface area contributed by atoms with Crippen molar-refractivity contribution in [1.29, 1.82) is 0 Å². The molecule has 5 nitrogen and oxygen atoms in total. The van der Waals surface area contributed by atoms with E-state index in [0.717, 1.165) is 15.8 Å². The van der Waals surface area contributed by atoms with Crippen LogP contribution in [0.3, 0.4) is 0 Å². The molecule has 1 aromatic carbocycles. The first-order valence-corrected chi connectivity index (χ1v) is 6.63. The molecule has 3 rings (SSSR count). The lowest BCUT2D eigenvalue weighted by molar-refractivity contribution is 0.0690. The zero-order valence-electron chi connectivity index (χ0n) is 10.2. The summed E-state index contributed by atoms with van der Waals surface area (Å²) < 4.78 is 0. The number of hydrogen-bond acceptors (Lipinski definition) is 5. The lowest BCUT2D eigenvalue weighted by Crippen LogP contribution is -1.99. The predicted octanol–water partition coefficient (Wildman–Crippen LogP) is 2.87. The Bertz CT molecular complexity index is 792. The van der Waals surface area contributed by atoms with Gasteiger partial charge in [-0.2, -0.15) is 0 Å². The molecule has 0 aliphatic rings. The van der Waals surface area contributed by atoms with E-state index >= 15 is 0 Å². The van der Waals surface area contributed by atoms with Gasteiger partial charge < -0.3 is 5.11 Å². The van der Waals surface area contributed by atoms with Gasteiger partial charge in [0.15, 0.2) is 5.16 Å². The largest absolute Gasteiger partial charge is 0.477 e. The van der Waals surface area contributed by atoms with Crippen LogP contribution < -0.4 is 0 Å². The minimum Gasteiger partial charge on any atom is -0.477 e. The number of pyridine rings is 1. The monoisotopic (exact) mass is 283 g/mol. The number of aromatic nitrogens is 3. The quantitative estimate of drug-likeness (QED) is 0.745. The second-order valence-corrected chi connectivity index (χ2v) is 5.04. The second kappa shape index (κ2) is 5.26. The number of para-hydroxylation sites is 1. The van der Waals surface area contributed by atoms with Gasteiger partial charge in [0.1, 0.15) is 5.69 Å². The summed E-state index contributed by atoms with van der Waals surface area (Å²) in [5, 5.41) is 10.5. The lowest BCUT2D eigenvalue weighted by atomic mass is 10.2. The third kappa shape index (κ3) is 2.60. The highest BCUT2D eigenvalue weighted by Crippen LogP contribution is 2.25. The zero-order valence-corrected chi connectivity index (χ0v) is 11.0. The summed E-state index contributed by atoms with van der Waals surface area (Å²) in [6, 6.07) is 10.9. The molecule has 20 heavy (non-hydrogen) atoms. The fourth-order valence-electron chi connectivity index (χ4n) is 1.70. The third-order valence-corrected chi connectivity index (χ3v) is 3.50. The van der Waals surface area contributed by atoms with Crippen LogP contribution in [0.4, 0.5) is 0 Å². The van der Waals surface area contributed by atoms with Crippen molar-refractivity contribution in [3.05, 3.63) is 54.5 Å². The van der Waals surface area contributed by atoms with Crippen molar-refractivity contribution in [2.75, 3.05) is 0 Å². The van der Waals surface area contributed by atoms with Crippen molar-refractivity contribution < 1.29 is 9.90 Å². The summed E-state index contributed by atoms with van der Waals surface area (Å²) in [7, 11) is 0. The molecular weight excluding hydrogens is 274 g/mol. The van der Waals surface area contributed by atoms with Gasteiger partial charge in [0.25, 0.3) is 0 Å². The number of benzene rings is 1. The second-order valence-electron chi connectivity index (χ2n) is 4.00. The van der Waals surface area contributed by atoms with Gasteiger partial charge in [0, 0.05) is 22.7 Å². The number of carboxylic acids is 1. The maximum Gasteiger partial charge on any atom is 0.354 e. The van der Waals surface area contributed by atoms with E-state index in [4.69, 9.17) is 5.11 Å². The summed E-state index contributed by atoms with van der Waals surface area (Å²) in [6.07, 6.45) is 3.22. The van der Waals surface area contributed by atoms with Gasteiger partial charge in [0.05, 0.1) is 5.52 Å². The van der Waals surface area contributed by atoms with E-state index in [9.17, 15) is 4.79 Å². The highest BCUT2D eigenvalue weighted by Gasteiger charge is 2.07. The number of nitrogens with zero attached hydrogens (tertiary/aromatic N) is 3. The first-order valence-electron chi connectivity index (χ1n) is 5.81. The van der Waals surface area contributed by atoms with E-state index in [2.05, 4.69) is 15.0 Å². The van der Waals surface area contributed by atoms with Crippen LogP contribution in [-0.4, -0.2) is 26.0 Å². The highest BCUT2D eigenvalue weighted by atomic mass is 32.2. The molecule has 0 fully saturated rings. The van der Waals surface area contributed by atoms with Crippen molar-refractivity contribution in [3.8, 4) is 0 Å². The van der Waals surface area contributed by atoms with E-state index in [1.807, 2.05) is 24.3 Å². The average molecular weight is 283 g/mol. The van der Waals surface area contributed by atoms with Gasteiger partial charge in [-0.3, -0.25) is 0 Å². The molecule has 0 saturated carbocycles. The SMILES string of the molecule is O=C(O)c1cc(Sc2ncc3ccccc3n2)ccn1. The van der Waals surface area contributed by atoms with Crippen molar-refractivity contribution >= 4 is 28.6 Å². The maximum atomic E-state index is 10.9. The van der Waals surface area contributed by atoms with Gasteiger partial charge in [0.2, 0.25) is 0 Å². The highest BCUT2D eigenvalue weighted by molar-refractivity contribution is 7.99. The molecular formula is C14H9N3O2S. The standard InChI is InChI=1S/C14H9N3O2S/c18-13(19)12-7-10(5-6-15-12)20-14-16-8-9-3-1-2-4-11(9)17-14/h1-8H,(H,18,19). The Balaban J connectivity index is 1.92. The molecule has 0 radical (unpaired) electrons. The zero-order chi connectivity index (χ0) is 13.9. The van der Waals surface area contributed by atoms with E-state index in [1.54, 1.807) is 12.3 Å². The van der Waals surface area contributed by atoms with E-state index in [1.165, 1.54) is 24.0 Å². The van der Waals surface area contributed by atoms with Gasteiger partial charge in [-0.05, 0) is 30.0 Å². The molecule has 2 aromatic heterocycles. The van der Waals surface area contributed by atoms with Crippen LogP contribution in [0.5, 0.6) is 0 Å². The van der Waals surface area contributed by atoms with Crippen LogP contribution in [0.15, 0.2) is 58.8 Å². The summed E-state index contributed by atoms with van der Waals surface area (Å²) in [4.78, 5) is 24.1. The van der Waals surface area contributed by atoms with E-state index in [-0.39, 0.29) is 5.69 Å². The van der Waals surface area contributed by atoms with Crippen molar-refractivity contribution in [1.82, 2.24) is 15.0 Å². The van der Waals surface area contributed by atoms with Gasteiger partial charge in [-0.25, -0.2) is 19.7 Å². The van der Waals surface area contributed by atoms with Crippen LogP contribution in [0, 0.1) is 0 Å². The van der Waals surface area contributed by atoms with Crippen molar-refractivity contribution in [2.24, 2.45) is 0 Å². The van der Waals surface area contributed by atoms with Crippen LogP contribution in [0.25, 0.3) is 10.9 Å². The summed E-state index contributed by atoms with van der Waals surface area (Å²) in [6.45, 7) is 0. The molecule has 0 spiro atoms. The van der Waals surface area contributed by atoms with Crippen molar-refractivity contribution in [3.63, 3.8) is 0 Å². The summed E-state index contributed by atoms with van der Waals surface area (Å²) >= 11 is 1.31. The summed E-state index contributed by atoms with van der Waals surface area (Å²) in [5.41, 5.74) is 0.869. The number of rotatable bonds is 3. The molecule has 0 aliphatic heterocycles. The Labute approximate surface area is 118 Å². The fraction of sp³-hybridized carbons (Fsp3) is 0. The molecule has 2 heterocycles. The van der Waals surface area contributed by atoms with Gasteiger partial charge >= 0.3 is 5.97 Å². The Morgan fingerprint density at radius 1 is 1.15 bits per heavy atom. The lowest BCUT2D eigenvalue weighted by Gasteiger charge is -2.02.